The number of rotatable bonds is 6. The van der Waals surface area contributed by atoms with Gasteiger partial charge in [-0.25, -0.2) is 4.39 Å². The van der Waals surface area contributed by atoms with E-state index in [0.717, 1.165) is 29.9 Å². The predicted molar refractivity (Wildman–Crippen MR) is 119 cm³/mol. The zero-order valence-corrected chi connectivity index (χ0v) is 17.4. The van der Waals surface area contributed by atoms with Gasteiger partial charge in [-0.3, -0.25) is 4.98 Å². The number of H-pyrrole nitrogens is 1. The summed E-state index contributed by atoms with van der Waals surface area (Å²) in [5, 5.41) is 0. The second-order valence-corrected chi connectivity index (χ2v) is 8.57. The number of nitrogens with zero attached hydrogens (tertiary/aromatic N) is 3. The maximum Gasteiger partial charge on any atom is 0.123 e. The van der Waals surface area contributed by atoms with E-state index >= 15 is 0 Å². The molecule has 4 nitrogen and oxygen atoms in total. The minimum absolute atomic E-state index is 0.207. The van der Waals surface area contributed by atoms with Gasteiger partial charge in [0.1, 0.15) is 5.82 Å². The molecular weight excluding hydrogens is 375 g/mol. The van der Waals surface area contributed by atoms with E-state index in [9.17, 15) is 4.39 Å². The Hall–Kier alpha value is -2.50. The van der Waals surface area contributed by atoms with Crippen molar-refractivity contribution in [2.75, 3.05) is 39.3 Å². The largest absolute Gasteiger partial charge is 0.358 e. The summed E-state index contributed by atoms with van der Waals surface area (Å²) in [4.78, 5) is 13.0. The molecule has 30 heavy (non-hydrogen) atoms. The first kappa shape index (κ1) is 19.5. The zero-order valence-electron chi connectivity index (χ0n) is 17.4. The van der Waals surface area contributed by atoms with Gasteiger partial charge in [0, 0.05) is 42.7 Å². The van der Waals surface area contributed by atoms with Crippen molar-refractivity contribution in [2.45, 2.75) is 25.2 Å². The summed E-state index contributed by atoms with van der Waals surface area (Å²) in [6, 6.07) is 13.2. The van der Waals surface area contributed by atoms with Crippen LogP contribution < -0.4 is 0 Å². The molecule has 4 heterocycles. The molecule has 1 aromatic carbocycles. The number of likely N-dealkylation sites (tertiary alicyclic amines) is 2. The molecule has 2 aliphatic rings. The van der Waals surface area contributed by atoms with Gasteiger partial charge in [0.2, 0.25) is 0 Å². The lowest BCUT2D eigenvalue weighted by Gasteiger charge is -2.36. The van der Waals surface area contributed by atoms with Crippen LogP contribution in [0.4, 0.5) is 4.39 Å². The minimum Gasteiger partial charge on any atom is -0.358 e. The van der Waals surface area contributed by atoms with Crippen LogP contribution in [0.3, 0.4) is 0 Å². The highest BCUT2D eigenvalue weighted by Crippen LogP contribution is 2.37. The van der Waals surface area contributed by atoms with Crippen LogP contribution in [0, 0.1) is 5.82 Å². The van der Waals surface area contributed by atoms with Gasteiger partial charge in [-0.2, -0.15) is 0 Å². The Balaban J connectivity index is 1.35. The number of piperidine rings is 1. The van der Waals surface area contributed by atoms with Crippen LogP contribution in [0.5, 0.6) is 0 Å². The van der Waals surface area contributed by atoms with Gasteiger partial charge < -0.3 is 14.8 Å². The molecule has 3 aromatic rings. The highest BCUT2D eigenvalue weighted by atomic mass is 19.1. The summed E-state index contributed by atoms with van der Waals surface area (Å²) >= 11 is 0. The number of aromatic amines is 1. The summed E-state index contributed by atoms with van der Waals surface area (Å²) < 4.78 is 13.5. The lowest BCUT2D eigenvalue weighted by molar-refractivity contribution is 0.133. The summed E-state index contributed by atoms with van der Waals surface area (Å²) in [6.45, 7) is 7.29. The molecule has 0 spiro atoms. The van der Waals surface area contributed by atoms with Crippen molar-refractivity contribution in [3.8, 4) is 22.4 Å². The minimum atomic E-state index is -0.207. The molecule has 0 aliphatic carbocycles. The second-order valence-electron chi connectivity index (χ2n) is 8.57. The number of benzene rings is 1. The summed E-state index contributed by atoms with van der Waals surface area (Å²) in [5.74, 6) is 0.335. The molecule has 5 heteroatoms. The van der Waals surface area contributed by atoms with E-state index in [-0.39, 0.29) is 5.82 Å². The maximum absolute atomic E-state index is 13.5. The van der Waals surface area contributed by atoms with Gasteiger partial charge in [0.15, 0.2) is 0 Å². The fourth-order valence-corrected chi connectivity index (χ4v) is 4.65. The molecule has 0 unspecified atom stereocenters. The smallest absolute Gasteiger partial charge is 0.123 e. The van der Waals surface area contributed by atoms with Crippen molar-refractivity contribution >= 4 is 0 Å². The summed E-state index contributed by atoms with van der Waals surface area (Å²) in [5.41, 5.74) is 5.68. The van der Waals surface area contributed by atoms with Gasteiger partial charge in [-0.15, -0.1) is 0 Å². The quantitative estimate of drug-likeness (QED) is 0.643. The number of hydrogen-bond donors (Lipinski definition) is 1. The zero-order chi connectivity index (χ0) is 20.3. The molecule has 2 aliphatic heterocycles. The van der Waals surface area contributed by atoms with Crippen LogP contribution in [-0.4, -0.2) is 59.0 Å². The van der Waals surface area contributed by atoms with E-state index in [2.05, 4.69) is 25.8 Å². The lowest BCUT2D eigenvalue weighted by Crippen LogP contribution is -2.44. The van der Waals surface area contributed by atoms with Crippen molar-refractivity contribution in [3.05, 3.63) is 66.4 Å². The third-order valence-electron chi connectivity index (χ3n) is 6.67. The van der Waals surface area contributed by atoms with Gasteiger partial charge in [0.25, 0.3) is 0 Å². The molecule has 2 fully saturated rings. The highest BCUT2D eigenvalue weighted by Gasteiger charge is 2.24. The van der Waals surface area contributed by atoms with Crippen molar-refractivity contribution in [3.63, 3.8) is 0 Å². The van der Waals surface area contributed by atoms with Crippen molar-refractivity contribution in [1.82, 2.24) is 19.8 Å². The SMILES string of the molecule is Fc1ccc(-c2[nH]c(C3CCN(CCN4CCC4)CC3)cc2-c2ccncc2)cc1. The number of hydrogen-bond acceptors (Lipinski definition) is 3. The maximum atomic E-state index is 13.5. The molecule has 156 valence electrons. The first-order valence-electron chi connectivity index (χ1n) is 11.1. The Kier molecular flexibility index (Phi) is 5.65. The van der Waals surface area contributed by atoms with Crippen LogP contribution >= 0.6 is 0 Å². The van der Waals surface area contributed by atoms with E-state index in [4.69, 9.17) is 0 Å². The molecule has 0 saturated carbocycles. The number of nitrogens with one attached hydrogen (secondary N) is 1. The van der Waals surface area contributed by atoms with Crippen molar-refractivity contribution in [1.29, 1.82) is 0 Å². The van der Waals surface area contributed by atoms with Crippen LogP contribution in [0.25, 0.3) is 22.4 Å². The standard InChI is InChI=1S/C25H29FN4/c26-22-4-2-21(3-5-22)25-23(19-6-10-27-11-7-19)18-24(28-25)20-8-14-30(15-9-20)17-16-29-12-1-13-29/h2-7,10-11,18,20,28H,1,8-9,12-17H2. The van der Waals surface area contributed by atoms with E-state index in [1.807, 2.05) is 36.7 Å². The van der Waals surface area contributed by atoms with Crippen LogP contribution in [0.15, 0.2) is 54.9 Å². The molecule has 2 saturated heterocycles. The number of halogens is 1. The Morgan fingerprint density at radius 2 is 1.53 bits per heavy atom. The topological polar surface area (TPSA) is 35.2 Å². The molecule has 1 N–H and O–H groups in total. The first-order chi connectivity index (χ1) is 14.8. The molecule has 0 bridgehead atoms. The molecule has 0 radical (unpaired) electrons. The van der Waals surface area contributed by atoms with E-state index in [1.54, 1.807) is 0 Å². The van der Waals surface area contributed by atoms with Crippen LogP contribution in [0.1, 0.15) is 30.9 Å². The Morgan fingerprint density at radius 3 is 2.17 bits per heavy atom. The Morgan fingerprint density at radius 1 is 0.867 bits per heavy atom. The van der Waals surface area contributed by atoms with Gasteiger partial charge in [0.05, 0.1) is 5.69 Å². The van der Waals surface area contributed by atoms with Crippen molar-refractivity contribution < 1.29 is 4.39 Å². The Labute approximate surface area is 177 Å². The van der Waals surface area contributed by atoms with Gasteiger partial charge >= 0.3 is 0 Å². The van der Waals surface area contributed by atoms with Crippen LogP contribution in [-0.2, 0) is 0 Å². The predicted octanol–water partition coefficient (Wildman–Crippen LogP) is 4.77. The number of aromatic nitrogens is 2. The van der Waals surface area contributed by atoms with Gasteiger partial charge in [-0.05, 0) is 99.0 Å². The third kappa shape index (κ3) is 4.18. The molecule has 2 aromatic heterocycles. The van der Waals surface area contributed by atoms with Crippen molar-refractivity contribution in [2.24, 2.45) is 0 Å². The lowest BCUT2D eigenvalue weighted by atomic mass is 9.93. The molecule has 0 atom stereocenters. The molecule has 5 rings (SSSR count). The fraction of sp³-hybridized carbons (Fsp3) is 0.400. The summed E-state index contributed by atoms with van der Waals surface area (Å²) in [7, 11) is 0. The fourth-order valence-electron chi connectivity index (χ4n) is 4.65. The monoisotopic (exact) mass is 404 g/mol. The summed E-state index contributed by atoms with van der Waals surface area (Å²) in [6.07, 6.45) is 7.38. The average Bonchev–Trinajstić information content (AvgIpc) is 3.20. The van der Waals surface area contributed by atoms with E-state index < -0.39 is 0 Å². The third-order valence-corrected chi connectivity index (χ3v) is 6.67. The molecule has 0 amide bonds. The van der Waals surface area contributed by atoms with Crippen LogP contribution in [0.2, 0.25) is 0 Å². The Bertz CT molecular complexity index is 955. The van der Waals surface area contributed by atoms with E-state index in [1.165, 1.54) is 68.8 Å². The van der Waals surface area contributed by atoms with E-state index in [0.29, 0.717) is 5.92 Å². The van der Waals surface area contributed by atoms with Gasteiger partial charge in [-0.1, -0.05) is 0 Å². The molecular formula is C25H29FN4. The average molecular weight is 405 g/mol. The number of pyridine rings is 1. The first-order valence-corrected chi connectivity index (χ1v) is 11.1. The highest BCUT2D eigenvalue weighted by molar-refractivity contribution is 5.82. The normalized spacial score (nSPS) is 18.4. The second kappa shape index (κ2) is 8.70.